The number of alkyl halides is 1. The van der Waals surface area contributed by atoms with Crippen LogP contribution < -0.4 is 9.47 Å². The van der Waals surface area contributed by atoms with Crippen molar-refractivity contribution in [3.63, 3.8) is 0 Å². The first kappa shape index (κ1) is 15.5. The number of esters is 1. The van der Waals surface area contributed by atoms with Crippen LogP contribution in [0.2, 0.25) is 0 Å². The molecule has 4 aliphatic carbocycles. The second-order valence-corrected chi connectivity index (χ2v) is 9.60. The molecule has 0 heterocycles. The zero-order chi connectivity index (χ0) is 16.1. The van der Waals surface area contributed by atoms with Crippen LogP contribution >= 0.6 is 15.9 Å². The molecule has 4 aliphatic rings. The maximum Gasteiger partial charge on any atom is 0.311 e. The van der Waals surface area contributed by atoms with Gasteiger partial charge in [0.2, 0.25) is 0 Å². The monoisotopic (exact) mass is 378 g/mol. The van der Waals surface area contributed by atoms with E-state index in [1.165, 1.54) is 32.1 Å². The summed E-state index contributed by atoms with van der Waals surface area (Å²) < 4.78 is 11.2. The van der Waals surface area contributed by atoms with Gasteiger partial charge in [0, 0.05) is 4.32 Å². The molecule has 0 aliphatic heterocycles. The molecule has 23 heavy (non-hydrogen) atoms. The average molecular weight is 379 g/mol. The number of rotatable bonds is 4. The van der Waals surface area contributed by atoms with Crippen LogP contribution in [0.1, 0.15) is 44.9 Å². The molecule has 4 saturated carbocycles. The van der Waals surface area contributed by atoms with Gasteiger partial charge < -0.3 is 9.47 Å². The van der Waals surface area contributed by atoms with Crippen LogP contribution in [0.15, 0.2) is 24.3 Å². The van der Waals surface area contributed by atoms with Crippen LogP contribution in [0.3, 0.4) is 0 Å². The van der Waals surface area contributed by atoms with Crippen LogP contribution in [0.4, 0.5) is 0 Å². The lowest BCUT2D eigenvalue weighted by Gasteiger charge is -2.60. The summed E-state index contributed by atoms with van der Waals surface area (Å²) in [6.07, 6.45) is 7.96. The zero-order valence-corrected chi connectivity index (χ0v) is 15.1. The molecule has 1 aromatic carbocycles. The number of benzene rings is 1. The van der Waals surface area contributed by atoms with E-state index in [1.54, 1.807) is 13.2 Å². The minimum atomic E-state index is -0.118. The molecule has 5 rings (SSSR count). The highest BCUT2D eigenvalue weighted by atomic mass is 79.9. The van der Waals surface area contributed by atoms with Gasteiger partial charge in [-0.05, 0) is 67.9 Å². The van der Waals surface area contributed by atoms with Crippen molar-refractivity contribution in [1.82, 2.24) is 0 Å². The molecule has 2 unspecified atom stereocenters. The molecule has 4 heteroatoms. The van der Waals surface area contributed by atoms with Crippen molar-refractivity contribution in [2.75, 3.05) is 7.11 Å². The van der Waals surface area contributed by atoms with Crippen LogP contribution in [0.25, 0.3) is 0 Å². The molecule has 0 saturated heterocycles. The Balaban J connectivity index is 1.49. The third kappa shape index (κ3) is 2.90. The van der Waals surface area contributed by atoms with Gasteiger partial charge in [-0.3, -0.25) is 4.79 Å². The Hall–Kier alpha value is -1.03. The first-order chi connectivity index (χ1) is 11.0. The molecule has 0 spiro atoms. The first-order valence-electron chi connectivity index (χ1n) is 8.52. The van der Waals surface area contributed by atoms with Gasteiger partial charge in [-0.25, -0.2) is 0 Å². The number of carbonyl (C=O) groups is 1. The van der Waals surface area contributed by atoms with Gasteiger partial charge in [0.05, 0.1) is 13.5 Å². The summed E-state index contributed by atoms with van der Waals surface area (Å²) in [6.45, 7) is 0. The highest BCUT2D eigenvalue weighted by Gasteiger charge is 2.57. The third-order valence-electron chi connectivity index (χ3n) is 5.92. The SMILES string of the molecule is COc1ccccc1OC(=O)CC12CC3CC(CC(Br)(C3)C1)C2. The average Bonchev–Trinajstić information content (AvgIpc) is 2.44. The van der Waals surface area contributed by atoms with Gasteiger partial charge in [-0.1, -0.05) is 28.1 Å². The van der Waals surface area contributed by atoms with Crippen molar-refractivity contribution >= 4 is 21.9 Å². The number of halogens is 1. The molecule has 0 radical (unpaired) electrons. The number of hydrogen-bond acceptors (Lipinski definition) is 3. The lowest BCUT2D eigenvalue weighted by molar-refractivity contribution is -0.141. The summed E-state index contributed by atoms with van der Waals surface area (Å²) >= 11 is 4.00. The van der Waals surface area contributed by atoms with Gasteiger partial charge in [-0.15, -0.1) is 0 Å². The van der Waals surface area contributed by atoms with Crippen LogP contribution in [0, 0.1) is 17.3 Å². The predicted molar refractivity (Wildman–Crippen MR) is 92.0 cm³/mol. The van der Waals surface area contributed by atoms with Crippen molar-refractivity contribution < 1.29 is 14.3 Å². The van der Waals surface area contributed by atoms with E-state index >= 15 is 0 Å². The van der Waals surface area contributed by atoms with Gasteiger partial charge >= 0.3 is 5.97 Å². The largest absolute Gasteiger partial charge is 0.493 e. The maximum absolute atomic E-state index is 12.6. The fourth-order valence-corrected chi connectivity index (χ4v) is 7.22. The minimum absolute atomic E-state index is 0.118. The van der Waals surface area contributed by atoms with Crippen molar-refractivity contribution in [2.45, 2.75) is 49.3 Å². The van der Waals surface area contributed by atoms with Gasteiger partial charge in [0.25, 0.3) is 0 Å². The Labute approximate surface area is 145 Å². The lowest BCUT2D eigenvalue weighted by atomic mass is 9.49. The summed E-state index contributed by atoms with van der Waals surface area (Å²) in [5.41, 5.74) is 0.146. The first-order valence-corrected chi connectivity index (χ1v) is 9.31. The van der Waals surface area contributed by atoms with Crippen LogP contribution in [-0.2, 0) is 4.79 Å². The summed E-state index contributed by atoms with van der Waals surface area (Å²) in [6, 6.07) is 7.36. The maximum atomic E-state index is 12.6. The Bertz CT molecular complexity index is 613. The van der Waals surface area contributed by atoms with Crippen LogP contribution in [-0.4, -0.2) is 17.4 Å². The fourth-order valence-electron chi connectivity index (χ4n) is 5.71. The topological polar surface area (TPSA) is 35.5 Å². The molecule has 4 fully saturated rings. The third-order valence-corrected chi connectivity index (χ3v) is 6.85. The number of ether oxygens (including phenoxy) is 2. The van der Waals surface area contributed by atoms with Gasteiger partial charge in [0.15, 0.2) is 11.5 Å². The molecule has 124 valence electrons. The highest BCUT2D eigenvalue weighted by Crippen LogP contribution is 2.65. The minimum Gasteiger partial charge on any atom is -0.493 e. The van der Waals surface area contributed by atoms with E-state index < -0.39 is 0 Å². The van der Waals surface area contributed by atoms with Gasteiger partial charge in [-0.2, -0.15) is 0 Å². The molecular formula is C19H23BrO3. The second kappa shape index (κ2) is 5.51. The molecule has 2 atom stereocenters. The van der Waals surface area contributed by atoms with E-state index in [2.05, 4.69) is 15.9 Å². The van der Waals surface area contributed by atoms with E-state index in [1.807, 2.05) is 18.2 Å². The van der Waals surface area contributed by atoms with Crippen molar-refractivity contribution in [2.24, 2.45) is 17.3 Å². The van der Waals surface area contributed by atoms with E-state index in [-0.39, 0.29) is 15.7 Å². The number of carbonyl (C=O) groups excluding carboxylic acids is 1. The van der Waals surface area contributed by atoms with E-state index in [9.17, 15) is 4.79 Å². The summed E-state index contributed by atoms with van der Waals surface area (Å²) in [4.78, 5) is 12.6. The molecular weight excluding hydrogens is 356 g/mol. The summed E-state index contributed by atoms with van der Waals surface area (Å²) in [5.74, 6) is 2.60. The standard InChI is InChI=1S/C19H23BrO3/c1-22-15-4-2-3-5-16(15)23-17(21)11-18-7-13-6-14(8-18)10-19(20,9-13)12-18/h2-5,13-14H,6-12H2,1H3. The number of para-hydroxylation sites is 2. The van der Waals surface area contributed by atoms with Crippen molar-refractivity contribution in [3.8, 4) is 11.5 Å². The van der Waals surface area contributed by atoms with Gasteiger partial charge in [0.1, 0.15) is 0 Å². The molecule has 3 nitrogen and oxygen atoms in total. The van der Waals surface area contributed by atoms with E-state index in [4.69, 9.17) is 9.47 Å². The number of hydrogen-bond donors (Lipinski definition) is 0. The number of methoxy groups -OCH3 is 1. The van der Waals surface area contributed by atoms with Crippen LogP contribution in [0.5, 0.6) is 11.5 Å². The fraction of sp³-hybridized carbons (Fsp3) is 0.632. The second-order valence-electron chi connectivity index (χ2n) is 7.91. The Morgan fingerprint density at radius 2 is 1.83 bits per heavy atom. The summed E-state index contributed by atoms with van der Waals surface area (Å²) in [7, 11) is 1.60. The lowest BCUT2D eigenvalue weighted by Crippen LogP contribution is -2.53. The predicted octanol–water partition coefficient (Wildman–Crippen LogP) is 4.72. The molecule has 0 aromatic heterocycles. The zero-order valence-electron chi connectivity index (χ0n) is 13.5. The molecule has 1 aromatic rings. The Morgan fingerprint density at radius 3 is 2.43 bits per heavy atom. The molecule has 0 N–H and O–H groups in total. The Kier molecular flexibility index (Phi) is 3.71. The quantitative estimate of drug-likeness (QED) is 0.431. The van der Waals surface area contributed by atoms with Crippen molar-refractivity contribution in [3.05, 3.63) is 24.3 Å². The van der Waals surface area contributed by atoms with Crippen molar-refractivity contribution in [1.29, 1.82) is 0 Å². The normalized spacial score (nSPS) is 37.7. The van der Waals surface area contributed by atoms with E-state index in [0.717, 1.165) is 18.3 Å². The smallest absolute Gasteiger partial charge is 0.311 e. The Morgan fingerprint density at radius 1 is 1.17 bits per heavy atom. The highest BCUT2D eigenvalue weighted by molar-refractivity contribution is 9.10. The molecule has 4 bridgehead atoms. The summed E-state index contributed by atoms with van der Waals surface area (Å²) in [5, 5.41) is 0. The van der Waals surface area contributed by atoms with E-state index in [0.29, 0.717) is 17.9 Å². The molecule has 0 amide bonds.